The normalized spacial score (nSPS) is 10.5. The minimum Gasteiger partial charge on any atom is -0.452 e. The van der Waals surface area contributed by atoms with E-state index < -0.39 is 18.5 Å². The number of hydrogen-bond acceptors (Lipinski definition) is 5. The molecule has 1 heterocycles. The second-order valence-corrected chi connectivity index (χ2v) is 4.99. The molecule has 0 atom stereocenters. The molecular formula is C14H17BrN2O5. The number of esters is 1. The Morgan fingerprint density at radius 3 is 2.68 bits per heavy atom. The van der Waals surface area contributed by atoms with Crippen molar-refractivity contribution in [2.75, 3.05) is 19.7 Å². The first kappa shape index (κ1) is 18.0. The zero-order valence-electron chi connectivity index (χ0n) is 12.1. The highest BCUT2D eigenvalue weighted by atomic mass is 79.9. The van der Waals surface area contributed by atoms with Crippen molar-refractivity contribution >= 4 is 39.8 Å². The van der Waals surface area contributed by atoms with Gasteiger partial charge in [-0.3, -0.25) is 9.59 Å². The first-order chi connectivity index (χ1) is 10.5. The van der Waals surface area contributed by atoms with E-state index in [1.54, 1.807) is 12.1 Å². The fourth-order valence-corrected chi connectivity index (χ4v) is 1.63. The van der Waals surface area contributed by atoms with Gasteiger partial charge < -0.3 is 19.8 Å². The lowest BCUT2D eigenvalue weighted by Crippen LogP contribution is -2.38. The van der Waals surface area contributed by atoms with E-state index in [-0.39, 0.29) is 12.5 Å². The summed E-state index contributed by atoms with van der Waals surface area (Å²) in [5.41, 5.74) is 0. The van der Waals surface area contributed by atoms with Crippen LogP contribution in [0.2, 0.25) is 0 Å². The Kier molecular flexibility index (Phi) is 7.98. The summed E-state index contributed by atoms with van der Waals surface area (Å²) in [5.74, 6) is -1.04. The van der Waals surface area contributed by atoms with Gasteiger partial charge in [0.25, 0.3) is 5.91 Å². The fourth-order valence-electron chi connectivity index (χ4n) is 1.31. The van der Waals surface area contributed by atoms with Gasteiger partial charge in [0.05, 0.1) is 6.54 Å². The van der Waals surface area contributed by atoms with Crippen LogP contribution < -0.4 is 10.6 Å². The van der Waals surface area contributed by atoms with Crippen molar-refractivity contribution in [2.24, 2.45) is 0 Å². The van der Waals surface area contributed by atoms with E-state index in [0.29, 0.717) is 17.0 Å². The Morgan fingerprint density at radius 1 is 1.27 bits per heavy atom. The molecule has 0 unspecified atom stereocenters. The van der Waals surface area contributed by atoms with E-state index in [0.717, 1.165) is 12.5 Å². The molecule has 0 aliphatic heterocycles. The van der Waals surface area contributed by atoms with Crippen LogP contribution >= 0.6 is 15.9 Å². The van der Waals surface area contributed by atoms with Crippen LogP contribution in [0.3, 0.4) is 0 Å². The van der Waals surface area contributed by atoms with Crippen molar-refractivity contribution in [2.45, 2.75) is 13.3 Å². The number of ether oxygens (including phenoxy) is 1. The number of hydrogen-bond donors (Lipinski definition) is 2. The third-order valence-corrected chi connectivity index (χ3v) is 2.77. The number of carbonyl (C=O) groups excluding carboxylic acids is 3. The van der Waals surface area contributed by atoms with Gasteiger partial charge >= 0.3 is 5.97 Å². The van der Waals surface area contributed by atoms with Crippen molar-refractivity contribution in [3.63, 3.8) is 0 Å². The Bertz CT molecular complexity index is 553. The second kappa shape index (κ2) is 9.78. The van der Waals surface area contributed by atoms with E-state index in [2.05, 4.69) is 26.6 Å². The molecule has 0 saturated carbocycles. The summed E-state index contributed by atoms with van der Waals surface area (Å²) in [7, 11) is 0. The van der Waals surface area contributed by atoms with E-state index in [1.807, 2.05) is 6.92 Å². The smallest absolute Gasteiger partial charge is 0.331 e. The average Bonchev–Trinajstić information content (AvgIpc) is 2.92. The van der Waals surface area contributed by atoms with E-state index >= 15 is 0 Å². The Labute approximate surface area is 136 Å². The maximum absolute atomic E-state index is 11.4. The van der Waals surface area contributed by atoms with Crippen LogP contribution in [0.5, 0.6) is 0 Å². The molecule has 0 bridgehead atoms. The molecule has 0 radical (unpaired) electrons. The van der Waals surface area contributed by atoms with E-state index in [1.165, 1.54) is 6.08 Å². The lowest BCUT2D eigenvalue weighted by molar-refractivity contribution is -0.143. The Morgan fingerprint density at radius 2 is 2.05 bits per heavy atom. The second-order valence-electron chi connectivity index (χ2n) is 4.21. The minimum atomic E-state index is -0.682. The third kappa shape index (κ3) is 7.63. The van der Waals surface area contributed by atoms with Gasteiger partial charge in [-0.2, -0.15) is 0 Å². The number of furan rings is 1. The predicted molar refractivity (Wildman–Crippen MR) is 82.7 cm³/mol. The standard InChI is InChI=1S/C14H17BrN2O5/c1-2-7-16-12(18)8-17-13(19)9-21-14(20)6-4-10-3-5-11(15)22-10/h3-6H,2,7-9H2,1H3,(H,16,18)(H,17,19)/b6-4+. The molecule has 2 N–H and O–H groups in total. The summed E-state index contributed by atoms with van der Waals surface area (Å²) in [6.07, 6.45) is 3.38. The molecule has 120 valence electrons. The Balaban J connectivity index is 2.21. The average molecular weight is 373 g/mol. The molecule has 1 aromatic rings. The summed E-state index contributed by atoms with van der Waals surface area (Å²) in [6.45, 7) is 1.88. The van der Waals surface area contributed by atoms with Gasteiger partial charge in [0.2, 0.25) is 5.91 Å². The van der Waals surface area contributed by atoms with Gasteiger partial charge in [0.15, 0.2) is 11.3 Å². The molecule has 1 aromatic heterocycles. The topological polar surface area (TPSA) is 97.6 Å². The number of carbonyl (C=O) groups is 3. The zero-order valence-corrected chi connectivity index (χ0v) is 13.6. The molecule has 0 aromatic carbocycles. The van der Waals surface area contributed by atoms with E-state index in [9.17, 15) is 14.4 Å². The van der Waals surface area contributed by atoms with Crippen LogP contribution in [0, 0.1) is 0 Å². The lowest BCUT2D eigenvalue weighted by Gasteiger charge is -2.05. The highest BCUT2D eigenvalue weighted by Gasteiger charge is 2.07. The van der Waals surface area contributed by atoms with Crippen LogP contribution in [-0.4, -0.2) is 37.5 Å². The maximum atomic E-state index is 11.4. The lowest BCUT2D eigenvalue weighted by atomic mass is 10.4. The van der Waals surface area contributed by atoms with Gasteiger partial charge in [-0.15, -0.1) is 0 Å². The largest absolute Gasteiger partial charge is 0.452 e. The summed E-state index contributed by atoms with van der Waals surface area (Å²) in [4.78, 5) is 34.0. The first-order valence-electron chi connectivity index (χ1n) is 6.65. The molecule has 0 aliphatic rings. The van der Waals surface area contributed by atoms with Crippen molar-refractivity contribution in [3.05, 3.63) is 28.6 Å². The number of nitrogens with one attached hydrogen (secondary N) is 2. The molecule has 0 spiro atoms. The molecule has 22 heavy (non-hydrogen) atoms. The van der Waals surface area contributed by atoms with Crippen molar-refractivity contribution < 1.29 is 23.5 Å². The van der Waals surface area contributed by atoms with Gasteiger partial charge in [-0.25, -0.2) is 4.79 Å². The molecule has 0 fully saturated rings. The molecule has 0 saturated heterocycles. The van der Waals surface area contributed by atoms with Crippen molar-refractivity contribution in [1.82, 2.24) is 10.6 Å². The summed E-state index contributed by atoms with van der Waals surface area (Å²) < 4.78 is 10.4. The summed E-state index contributed by atoms with van der Waals surface area (Å²) in [6, 6.07) is 3.34. The first-order valence-corrected chi connectivity index (χ1v) is 7.44. The quantitative estimate of drug-likeness (QED) is 0.528. The monoisotopic (exact) mass is 372 g/mol. The molecular weight excluding hydrogens is 356 g/mol. The van der Waals surface area contributed by atoms with Crippen molar-refractivity contribution in [3.8, 4) is 0 Å². The highest BCUT2D eigenvalue weighted by Crippen LogP contribution is 2.14. The SMILES string of the molecule is CCCNC(=O)CNC(=O)COC(=O)/C=C/c1ccc(Br)o1. The van der Waals surface area contributed by atoms with Crippen LogP contribution in [0.15, 0.2) is 27.3 Å². The van der Waals surface area contributed by atoms with E-state index in [4.69, 9.17) is 9.15 Å². The van der Waals surface area contributed by atoms with Crippen LogP contribution in [0.25, 0.3) is 6.08 Å². The maximum Gasteiger partial charge on any atom is 0.331 e. The molecule has 0 aliphatic carbocycles. The zero-order chi connectivity index (χ0) is 16.4. The molecule has 8 heteroatoms. The highest BCUT2D eigenvalue weighted by molar-refractivity contribution is 9.10. The molecule has 7 nitrogen and oxygen atoms in total. The summed E-state index contributed by atoms with van der Waals surface area (Å²) in [5, 5.41) is 4.95. The summed E-state index contributed by atoms with van der Waals surface area (Å²) >= 11 is 3.13. The van der Waals surface area contributed by atoms with Crippen molar-refractivity contribution in [1.29, 1.82) is 0 Å². The Hall–Kier alpha value is -2.09. The predicted octanol–water partition coefficient (Wildman–Crippen LogP) is 1.24. The van der Waals surface area contributed by atoms with Gasteiger partial charge in [-0.05, 0) is 40.6 Å². The number of amides is 2. The number of halogens is 1. The van der Waals surface area contributed by atoms with Crippen LogP contribution in [0.4, 0.5) is 0 Å². The molecule has 1 rings (SSSR count). The van der Waals surface area contributed by atoms with Gasteiger partial charge in [0, 0.05) is 12.6 Å². The van der Waals surface area contributed by atoms with Gasteiger partial charge in [-0.1, -0.05) is 6.92 Å². The number of rotatable bonds is 8. The van der Waals surface area contributed by atoms with Crippen LogP contribution in [-0.2, 0) is 19.1 Å². The minimum absolute atomic E-state index is 0.146. The van der Waals surface area contributed by atoms with Gasteiger partial charge in [0.1, 0.15) is 5.76 Å². The fraction of sp³-hybridized carbons (Fsp3) is 0.357. The van der Waals surface area contributed by atoms with Crippen LogP contribution in [0.1, 0.15) is 19.1 Å². The molecule has 2 amide bonds. The third-order valence-electron chi connectivity index (χ3n) is 2.34.